The van der Waals surface area contributed by atoms with Gasteiger partial charge in [0, 0.05) is 17.3 Å². The number of aromatic hydroxyl groups is 1. The van der Waals surface area contributed by atoms with Crippen molar-refractivity contribution in [2.45, 2.75) is 0 Å². The second kappa shape index (κ2) is 7.99. The number of anilines is 1. The lowest BCUT2D eigenvalue weighted by Gasteiger charge is -2.11. The maximum atomic E-state index is 12.2. The SMILES string of the molecule is N#CC(=CNc1cc(Cl)cc(OC(=O)c2ccccc2)c1O)c1nn[nH]n1. The van der Waals surface area contributed by atoms with Gasteiger partial charge in [0.05, 0.1) is 11.3 Å². The first-order valence-electron chi connectivity index (χ1n) is 7.49. The summed E-state index contributed by atoms with van der Waals surface area (Å²) in [6, 6.07) is 12.9. The molecule has 3 aromatic rings. The molecule has 0 saturated heterocycles. The van der Waals surface area contributed by atoms with Gasteiger partial charge < -0.3 is 15.2 Å². The van der Waals surface area contributed by atoms with Crippen LogP contribution in [-0.2, 0) is 0 Å². The van der Waals surface area contributed by atoms with E-state index >= 15 is 0 Å². The van der Waals surface area contributed by atoms with E-state index in [0.717, 1.165) is 0 Å². The van der Waals surface area contributed by atoms with Crippen molar-refractivity contribution in [2.24, 2.45) is 0 Å². The van der Waals surface area contributed by atoms with Crippen molar-refractivity contribution in [3.8, 4) is 17.6 Å². The zero-order valence-corrected chi connectivity index (χ0v) is 14.3. The highest BCUT2D eigenvalue weighted by atomic mass is 35.5. The Bertz CT molecular complexity index is 1030. The van der Waals surface area contributed by atoms with Crippen LogP contribution in [0, 0.1) is 11.3 Å². The van der Waals surface area contributed by atoms with Gasteiger partial charge in [-0.15, -0.1) is 10.2 Å². The summed E-state index contributed by atoms with van der Waals surface area (Å²) in [5.74, 6) is -1.07. The van der Waals surface area contributed by atoms with Crippen molar-refractivity contribution in [1.82, 2.24) is 20.6 Å². The molecule has 3 rings (SSSR count). The second-order valence-electron chi connectivity index (χ2n) is 5.11. The molecule has 0 saturated carbocycles. The first kappa shape index (κ1) is 17.9. The number of carbonyl (C=O) groups excluding carboxylic acids is 1. The van der Waals surface area contributed by atoms with Gasteiger partial charge in [0.1, 0.15) is 11.6 Å². The summed E-state index contributed by atoms with van der Waals surface area (Å²) in [6.07, 6.45) is 1.26. The first-order valence-corrected chi connectivity index (χ1v) is 7.86. The van der Waals surface area contributed by atoms with Crippen LogP contribution in [0.1, 0.15) is 16.2 Å². The predicted molar refractivity (Wildman–Crippen MR) is 95.9 cm³/mol. The number of nitrogens with zero attached hydrogens (tertiary/aromatic N) is 4. The lowest BCUT2D eigenvalue weighted by Crippen LogP contribution is -2.08. The number of phenolic OH excluding ortho intramolecular Hbond substituents is 1. The van der Waals surface area contributed by atoms with E-state index in [1.165, 1.54) is 18.3 Å². The minimum absolute atomic E-state index is 0.0611. The molecule has 0 radical (unpaired) electrons. The number of nitrogens with one attached hydrogen (secondary N) is 2. The monoisotopic (exact) mass is 382 g/mol. The third-order valence-electron chi connectivity index (χ3n) is 3.33. The van der Waals surface area contributed by atoms with Crippen LogP contribution in [0.3, 0.4) is 0 Å². The zero-order valence-electron chi connectivity index (χ0n) is 13.5. The Hall–Kier alpha value is -3.90. The van der Waals surface area contributed by atoms with Gasteiger partial charge in [-0.1, -0.05) is 29.8 Å². The van der Waals surface area contributed by atoms with Gasteiger partial charge >= 0.3 is 5.97 Å². The average Bonchev–Trinajstić information content (AvgIpc) is 3.21. The number of halogens is 1. The van der Waals surface area contributed by atoms with E-state index in [2.05, 4.69) is 25.9 Å². The molecule has 0 aliphatic rings. The number of tetrazole rings is 1. The molecular weight excluding hydrogens is 372 g/mol. The number of benzene rings is 2. The summed E-state index contributed by atoms with van der Waals surface area (Å²) in [4.78, 5) is 12.2. The number of ether oxygens (including phenoxy) is 1. The fourth-order valence-corrected chi connectivity index (χ4v) is 2.28. The maximum Gasteiger partial charge on any atom is 0.343 e. The number of allylic oxidation sites excluding steroid dienone is 1. The molecule has 9 nitrogen and oxygen atoms in total. The number of esters is 1. The summed E-state index contributed by atoms with van der Waals surface area (Å²) in [6.45, 7) is 0. The van der Waals surface area contributed by atoms with Gasteiger partial charge in [-0.3, -0.25) is 0 Å². The summed E-state index contributed by atoms with van der Waals surface area (Å²) >= 11 is 6.03. The average molecular weight is 383 g/mol. The van der Waals surface area contributed by atoms with Crippen LogP contribution in [0.15, 0.2) is 48.7 Å². The lowest BCUT2D eigenvalue weighted by atomic mass is 10.2. The van der Waals surface area contributed by atoms with Gasteiger partial charge in [-0.2, -0.15) is 10.5 Å². The van der Waals surface area contributed by atoms with E-state index in [0.29, 0.717) is 5.56 Å². The highest BCUT2D eigenvalue weighted by Gasteiger charge is 2.16. The van der Waals surface area contributed by atoms with E-state index in [4.69, 9.17) is 21.6 Å². The summed E-state index contributed by atoms with van der Waals surface area (Å²) < 4.78 is 5.22. The second-order valence-corrected chi connectivity index (χ2v) is 5.54. The highest BCUT2D eigenvalue weighted by Crippen LogP contribution is 2.38. The van der Waals surface area contributed by atoms with E-state index in [1.807, 2.05) is 6.07 Å². The molecule has 0 fully saturated rings. The number of nitriles is 1. The Morgan fingerprint density at radius 1 is 1.33 bits per heavy atom. The number of phenols is 1. The molecule has 3 N–H and O–H groups in total. The normalized spacial score (nSPS) is 10.9. The molecule has 10 heteroatoms. The number of hydrogen-bond acceptors (Lipinski definition) is 8. The van der Waals surface area contributed by atoms with Gasteiger partial charge in [0.15, 0.2) is 11.5 Å². The van der Waals surface area contributed by atoms with Gasteiger partial charge in [0.25, 0.3) is 0 Å². The molecule has 27 heavy (non-hydrogen) atoms. The zero-order chi connectivity index (χ0) is 19.2. The maximum absolute atomic E-state index is 12.2. The Morgan fingerprint density at radius 2 is 2.11 bits per heavy atom. The van der Waals surface area contributed by atoms with Crippen molar-refractivity contribution in [3.63, 3.8) is 0 Å². The Labute approximate surface area is 157 Å². The van der Waals surface area contributed by atoms with E-state index in [-0.39, 0.29) is 33.6 Å². The fourth-order valence-electron chi connectivity index (χ4n) is 2.07. The molecule has 0 aliphatic carbocycles. The molecule has 0 amide bonds. The Balaban J connectivity index is 1.85. The van der Waals surface area contributed by atoms with Crippen molar-refractivity contribution in [2.75, 3.05) is 5.32 Å². The Kier molecular flexibility index (Phi) is 5.30. The van der Waals surface area contributed by atoms with Gasteiger partial charge in [-0.25, -0.2) is 4.79 Å². The van der Waals surface area contributed by atoms with Gasteiger partial charge in [-0.05, 0) is 23.4 Å². The topological polar surface area (TPSA) is 137 Å². The molecule has 134 valence electrons. The fraction of sp³-hybridized carbons (Fsp3) is 0. The standard InChI is InChI=1S/C17H11ClN6O3/c18-12-6-13(20-9-11(8-19)16-21-23-24-22-16)15(25)14(7-12)27-17(26)10-4-2-1-3-5-10/h1-7,9,20,25H,(H,21,22,23,24). The molecule has 0 bridgehead atoms. The van der Waals surface area contributed by atoms with E-state index < -0.39 is 5.97 Å². The minimum atomic E-state index is -0.654. The molecule has 0 aliphatic heterocycles. The number of aromatic nitrogens is 4. The van der Waals surface area contributed by atoms with Crippen LogP contribution < -0.4 is 10.1 Å². The van der Waals surface area contributed by atoms with Crippen molar-refractivity contribution in [3.05, 3.63) is 65.1 Å². The predicted octanol–water partition coefficient (Wildman–Crippen LogP) is 2.75. The van der Waals surface area contributed by atoms with Crippen molar-refractivity contribution < 1.29 is 14.6 Å². The molecule has 2 aromatic carbocycles. The van der Waals surface area contributed by atoms with Crippen LogP contribution in [0.5, 0.6) is 11.5 Å². The molecule has 1 heterocycles. The number of H-pyrrole nitrogens is 1. The van der Waals surface area contributed by atoms with E-state index in [9.17, 15) is 9.90 Å². The van der Waals surface area contributed by atoms with E-state index in [1.54, 1.807) is 30.3 Å². The van der Waals surface area contributed by atoms with Crippen LogP contribution in [0.2, 0.25) is 5.02 Å². The van der Waals surface area contributed by atoms with Crippen LogP contribution >= 0.6 is 11.6 Å². The summed E-state index contributed by atoms with van der Waals surface area (Å²) in [7, 11) is 0. The quantitative estimate of drug-likeness (QED) is 0.265. The number of hydrogen-bond donors (Lipinski definition) is 3. The van der Waals surface area contributed by atoms with Crippen LogP contribution in [0.25, 0.3) is 5.57 Å². The number of aromatic amines is 1. The molecule has 0 spiro atoms. The summed E-state index contributed by atoms with van der Waals surface area (Å²) in [5, 5.41) is 35.4. The molecule has 0 atom stereocenters. The minimum Gasteiger partial charge on any atom is -0.503 e. The van der Waals surface area contributed by atoms with Crippen LogP contribution in [-0.4, -0.2) is 31.7 Å². The number of rotatable bonds is 5. The smallest absolute Gasteiger partial charge is 0.343 e. The third-order valence-corrected chi connectivity index (χ3v) is 3.55. The highest BCUT2D eigenvalue weighted by molar-refractivity contribution is 6.31. The Morgan fingerprint density at radius 3 is 2.78 bits per heavy atom. The summed E-state index contributed by atoms with van der Waals surface area (Å²) in [5.41, 5.74) is 0.496. The van der Waals surface area contributed by atoms with Crippen LogP contribution in [0.4, 0.5) is 5.69 Å². The molecule has 0 unspecified atom stereocenters. The lowest BCUT2D eigenvalue weighted by molar-refractivity contribution is 0.0730. The van der Waals surface area contributed by atoms with Gasteiger partial charge in [0.2, 0.25) is 5.82 Å². The molecular formula is C17H11ClN6O3. The largest absolute Gasteiger partial charge is 0.503 e. The molecule has 1 aromatic heterocycles. The number of carbonyl (C=O) groups is 1. The van der Waals surface area contributed by atoms with Crippen molar-refractivity contribution >= 4 is 28.8 Å². The van der Waals surface area contributed by atoms with Crippen molar-refractivity contribution in [1.29, 1.82) is 5.26 Å². The first-order chi connectivity index (χ1) is 13.1. The third kappa shape index (κ3) is 4.20.